The first kappa shape index (κ1) is 15.1. The minimum absolute atomic E-state index is 0.264. The lowest BCUT2D eigenvalue weighted by Crippen LogP contribution is -2.20. The number of halogens is 3. The van der Waals surface area contributed by atoms with Gasteiger partial charge in [-0.25, -0.2) is 4.39 Å². The molecule has 1 amide bonds. The fraction of sp³-hybridized carbons (Fsp3) is 0.0714. The lowest BCUT2D eigenvalue weighted by Gasteiger charge is -2.09. The van der Waals surface area contributed by atoms with E-state index < -0.39 is 24.1 Å². The molecular formula is C14H11ClF2N2O2. The molecular weight excluding hydrogens is 302 g/mol. The molecule has 4 nitrogen and oxygen atoms in total. The van der Waals surface area contributed by atoms with Gasteiger partial charge in [0.2, 0.25) is 5.82 Å². The van der Waals surface area contributed by atoms with Crippen molar-refractivity contribution in [2.24, 2.45) is 0 Å². The smallest absolute Gasteiger partial charge is 0.262 e. The van der Waals surface area contributed by atoms with Crippen molar-refractivity contribution in [1.82, 2.24) is 0 Å². The van der Waals surface area contributed by atoms with Crippen LogP contribution in [0.4, 0.5) is 20.2 Å². The number of carbonyl (C=O) groups excluding carboxylic acids is 1. The van der Waals surface area contributed by atoms with Gasteiger partial charge in [-0.05, 0) is 30.3 Å². The van der Waals surface area contributed by atoms with Crippen LogP contribution in [0.15, 0.2) is 36.4 Å². The van der Waals surface area contributed by atoms with Crippen LogP contribution in [0.25, 0.3) is 0 Å². The van der Waals surface area contributed by atoms with Crippen LogP contribution in [0.3, 0.4) is 0 Å². The van der Waals surface area contributed by atoms with Gasteiger partial charge < -0.3 is 15.8 Å². The van der Waals surface area contributed by atoms with Crippen molar-refractivity contribution in [2.75, 3.05) is 17.7 Å². The topological polar surface area (TPSA) is 64.3 Å². The number of benzene rings is 2. The normalized spacial score (nSPS) is 10.2. The molecule has 0 atom stereocenters. The van der Waals surface area contributed by atoms with Crippen LogP contribution in [-0.4, -0.2) is 12.5 Å². The van der Waals surface area contributed by atoms with Crippen LogP contribution >= 0.6 is 11.6 Å². The van der Waals surface area contributed by atoms with E-state index in [4.69, 9.17) is 22.1 Å². The Morgan fingerprint density at radius 1 is 1.29 bits per heavy atom. The van der Waals surface area contributed by atoms with Gasteiger partial charge in [0, 0.05) is 5.69 Å². The number of ether oxygens (including phenoxy) is 1. The predicted octanol–water partition coefficient (Wildman–Crippen LogP) is 3.22. The Hall–Kier alpha value is -2.34. The van der Waals surface area contributed by atoms with Crippen LogP contribution in [0.2, 0.25) is 5.02 Å². The second-order valence-electron chi connectivity index (χ2n) is 4.13. The molecule has 0 bridgehead atoms. The number of rotatable bonds is 4. The third-order valence-electron chi connectivity index (χ3n) is 2.54. The van der Waals surface area contributed by atoms with Gasteiger partial charge in [0.15, 0.2) is 18.2 Å². The lowest BCUT2D eigenvalue weighted by atomic mass is 10.3. The second kappa shape index (κ2) is 6.41. The van der Waals surface area contributed by atoms with Crippen LogP contribution in [0, 0.1) is 11.6 Å². The molecule has 7 heteroatoms. The van der Waals surface area contributed by atoms with Gasteiger partial charge in [-0.1, -0.05) is 17.7 Å². The number of anilines is 2. The molecule has 0 saturated carbocycles. The van der Waals surface area contributed by atoms with E-state index >= 15 is 0 Å². The molecule has 2 rings (SSSR count). The fourth-order valence-corrected chi connectivity index (χ4v) is 1.79. The zero-order chi connectivity index (χ0) is 15.4. The summed E-state index contributed by atoms with van der Waals surface area (Å²) in [5.74, 6) is -3.09. The van der Waals surface area contributed by atoms with Crippen molar-refractivity contribution in [3.05, 3.63) is 53.1 Å². The molecule has 0 radical (unpaired) electrons. The van der Waals surface area contributed by atoms with Gasteiger partial charge in [0.05, 0.1) is 10.7 Å². The van der Waals surface area contributed by atoms with E-state index in [2.05, 4.69) is 5.32 Å². The monoisotopic (exact) mass is 312 g/mol. The molecule has 21 heavy (non-hydrogen) atoms. The molecule has 0 aliphatic carbocycles. The fourth-order valence-electron chi connectivity index (χ4n) is 1.56. The Morgan fingerprint density at radius 3 is 2.76 bits per heavy atom. The Labute approximate surface area is 124 Å². The van der Waals surface area contributed by atoms with Crippen LogP contribution in [0.5, 0.6) is 5.75 Å². The highest BCUT2D eigenvalue weighted by Gasteiger charge is 2.11. The second-order valence-corrected chi connectivity index (χ2v) is 4.54. The van der Waals surface area contributed by atoms with Gasteiger partial charge >= 0.3 is 0 Å². The third-order valence-corrected chi connectivity index (χ3v) is 2.85. The van der Waals surface area contributed by atoms with E-state index in [1.165, 1.54) is 24.3 Å². The minimum atomic E-state index is -1.14. The first-order valence-corrected chi connectivity index (χ1v) is 6.27. The number of carbonyl (C=O) groups is 1. The van der Waals surface area contributed by atoms with E-state index in [1.54, 1.807) is 6.07 Å². The molecule has 110 valence electrons. The molecule has 0 spiro atoms. The van der Waals surface area contributed by atoms with Gasteiger partial charge in [0.1, 0.15) is 0 Å². The van der Waals surface area contributed by atoms with Gasteiger partial charge in [-0.15, -0.1) is 0 Å². The van der Waals surface area contributed by atoms with Crippen molar-refractivity contribution in [3.8, 4) is 5.75 Å². The highest BCUT2D eigenvalue weighted by Crippen LogP contribution is 2.24. The van der Waals surface area contributed by atoms with Crippen LogP contribution in [0.1, 0.15) is 0 Å². The van der Waals surface area contributed by atoms with Crippen molar-refractivity contribution in [3.63, 3.8) is 0 Å². The predicted molar refractivity (Wildman–Crippen MR) is 76.3 cm³/mol. The van der Waals surface area contributed by atoms with Crippen LogP contribution < -0.4 is 15.8 Å². The Morgan fingerprint density at radius 2 is 2.05 bits per heavy atom. The van der Waals surface area contributed by atoms with E-state index in [1.807, 2.05) is 0 Å². The Kier molecular flexibility index (Phi) is 4.59. The molecule has 3 N–H and O–H groups in total. The highest BCUT2D eigenvalue weighted by atomic mass is 35.5. The number of nitrogen functional groups attached to an aromatic ring is 1. The van der Waals surface area contributed by atoms with Crippen molar-refractivity contribution in [1.29, 1.82) is 0 Å². The number of nitrogens with one attached hydrogen (secondary N) is 1. The summed E-state index contributed by atoms with van der Waals surface area (Å²) in [6.07, 6.45) is 0. The molecule has 0 fully saturated rings. The van der Waals surface area contributed by atoms with E-state index in [-0.39, 0.29) is 10.8 Å². The average Bonchev–Trinajstić information content (AvgIpc) is 2.43. The van der Waals surface area contributed by atoms with E-state index in [0.717, 1.165) is 6.07 Å². The first-order chi connectivity index (χ1) is 9.97. The molecule has 2 aromatic carbocycles. The Bertz CT molecular complexity index is 680. The summed E-state index contributed by atoms with van der Waals surface area (Å²) in [6.45, 7) is -0.485. The molecule has 0 saturated heterocycles. The van der Waals surface area contributed by atoms with Crippen molar-refractivity contribution < 1.29 is 18.3 Å². The Balaban J connectivity index is 1.97. The quantitative estimate of drug-likeness (QED) is 0.852. The highest BCUT2D eigenvalue weighted by molar-refractivity contribution is 6.34. The van der Waals surface area contributed by atoms with Gasteiger partial charge in [-0.3, -0.25) is 4.79 Å². The number of hydrogen-bond donors (Lipinski definition) is 2. The maximum absolute atomic E-state index is 13.3. The van der Waals surface area contributed by atoms with E-state index in [0.29, 0.717) is 11.4 Å². The minimum Gasteiger partial charge on any atom is -0.481 e. The third kappa shape index (κ3) is 3.82. The summed E-state index contributed by atoms with van der Waals surface area (Å²) < 4.78 is 31.2. The van der Waals surface area contributed by atoms with Crippen LogP contribution in [-0.2, 0) is 4.79 Å². The largest absolute Gasteiger partial charge is 0.481 e. The number of hydrogen-bond acceptors (Lipinski definition) is 3. The molecule has 2 aromatic rings. The SMILES string of the molecule is Nc1ccc(NC(=O)COc2cccc(F)c2F)c(Cl)c1. The lowest BCUT2D eigenvalue weighted by molar-refractivity contribution is -0.118. The number of amides is 1. The molecule has 0 aliphatic rings. The summed E-state index contributed by atoms with van der Waals surface area (Å²) in [4.78, 5) is 11.7. The maximum atomic E-state index is 13.3. The zero-order valence-corrected chi connectivity index (χ0v) is 11.5. The van der Waals surface area contributed by atoms with Gasteiger partial charge in [-0.2, -0.15) is 4.39 Å². The maximum Gasteiger partial charge on any atom is 0.262 e. The van der Waals surface area contributed by atoms with Crippen molar-refractivity contribution in [2.45, 2.75) is 0 Å². The zero-order valence-electron chi connectivity index (χ0n) is 10.7. The summed E-state index contributed by atoms with van der Waals surface area (Å²) >= 11 is 5.89. The molecule has 0 aromatic heterocycles. The first-order valence-electron chi connectivity index (χ1n) is 5.89. The molecule has 0 aliphatic heterocycles. The summed E-state index contributed by atoms with van der Waals surface area (Å²) in [5, 5.41) is 2.74. The standard InChI is InChI=1S/C14H11ClF2N2O2/c15-9-6-8(18)4-5-11(9)19-13(20)7-21-12-3-1-2-10(16)14(12)17/h1-6H,7,18H2,(H,19,20). The summed E-state index contributed by atoms with van der Waals surface area (Å²) in [7, 11) is 0. The number of nitrogens with two attached hydrogens (primary N) is 1. The van der Waals surface area contributed by atoms with E-state index in [9.17, 15) is 13.6 Å². The summed E-state index contributed by atoms with van der Waals surface area (Å²) in [5.41, 5.74) is 6.33. The molecule has 0 unspecified atom stereocenters. The average molecular weight is 313 g/mol. The van der Waals surface area contributed by atoms with Gasteiger partial charge in [0.25, 0.3) is 5.91 Å². The molecule has 0 heterocycles. The summed E-state index contributed by atoms with van der Waals surface area (Å²) in [6, 6.07) is 8.03. The van der Waals surface area contributed by atoms with Crippen molar-refractivity contribution >= 4 is 28.9 Å².